The largest absolute Gasteiger partial charge is 0.491 e. The van der Waals surface area contributed by atoms with E-state index in [1.54, 1.807) is 0 Å². The normalized spacial score (nSPS) is 12.5. The standard InChI is InChI=1S/C16H17BrClNO/c1-10(2)20-13-6-3-11(4-7-13)16(19)12-5-8-15(18)14(17)9-12/h3-10,16H,19H2,1-2H3. The van der Waals surface area contributed by atoms with Crippen LogP contribution in [0.2, 0.25) is 5.02 Å². The molecule has 4 heteroatoms. The lowest BCUT2D eigenvalue weighted by Gasteiger charge is -2.15. The Morgan fingerprint density at radius 1 is 1.05 bits per heavy atom. The smallest absolute Gasteiger partial charge is 0.119 e. The molecule has 2 nitrogen and oxygen atoms in total. The van der Waals surface area contributed by atoms with E-state index in [9.17, 15) is 0 Å². The van der Waals surface area contributed by atoms with Crippen molar-refractivity contribution >= 4 is 27.5 Å². The Morgan fingerprint density at radius 3 is 2.20 bits per heavy atom. The van der Waals surface area contributed by atoms with Crippen molar-refractivity contribution in [1.29, 1.82) is 0 Å². The van der Waals surface area contributed by atoms with Crippen molar-refractivity contribution in [2.75, 3.05) is 0 Å². The lowest BCUT2D eigenvalue weighted by Crippen LogP contribution is -2.12. The number of ether oxygens (including phenoxy) is 1. The number of nitrogens with two attached hydrogens (primary N) is 1. The van der Waals surface area contributed by atoms with Crippen molar-refractivity contribution in [3.63, 3.8) is 0 Å². The summed E-state index contributed by atoms with van der Waals surface area (Å²) < 4.78 is 6.48. The Bertz CT molecular complexity index is 584. The molecule has 0 aliphatic rings. The first-order valence-corrected chi connectivity index (χ1v) is 7.61. The highest BCUT2D eigenvalue weighted by molar-refractivity contribution is 9.10. The van der Waals surface area contributed by atoms with Crippen LogP contribution in [0.1, 0.15) is 31.0 Å². The molecular formula is C16H17BrClNO. The van der Waals surface area contributed by atoms with Crippen LogP contribution in [0.5, 0.6) is 5.75 Å². The summed E-state index contributed by atoms with van der Waals surface area (Å²) >= 11 is 9.41. The van der Waals surface area contributed by atoms with Crippen LogP contribution in [0.15, 0.2) is 46.9 Å². The molecule has 0 radical (unpaired) electrons. The molecular weight excluding hydrogens is 338 g/mol. The first-order chi connectivity index (χ1) is 9.47. The van der Waals surface area contributed by atoms with Crippen molar-refractivity contribution in [2.24, 2.45) is 5.73 Å². The third-order valence-electron chi connectivity index (χ3n) is 2.91. The van der Waals surface area contributed by atoms with Gasteiger partial charge in [0.25, 0.3) is 0 Å². The van der Waals surface area contributed by atoms with Crippen molar-refractivity contribution in [3.05, 3.63) is 63.1 Å². The van der Waals surface area contributed by atoms with Crippen molar-refractivity contribution in [2.45, 2.75) is 26.0 Å². The highest BCUT2D eigenvalue weighted by Crippen LogP contribution is 2.28. The Labute approximate surface area is 133 Å². The van der Waals surface area contributed by atoms with Gasteiger partial charge >= 0.3 is 0 Å². The molecule has 0 fully saturated rings. The van der Waals surface area contributed by atoms with E-state index in [0.29, 0.717) is 5.02 Å². The molecule has 2 rings (SSSR count). The van der Waals surface area contributed by atoms with Gasteiger partial charge in [-0.3, -0.25) is 0 Å². The maximum atomic E-state index is 6.28. The molecule has 0 aliphatic carbocycles. The summed E-state index contributed by atoms with van der Waals surface area (Å²) in [7, 11) is 0. The zero-order valence-electron chi connectivity index (χ0n) is 11.4. The van der Waals surface area contributed by atoms with Crippen molar-refractivity contribution < 1.29 is 4.74 Å². The zero-order valence-corrected chi connectivity index (χ0v) is 13.8. The van der Waals surface area contributed by atoms with Crippen LogP contribution >= 0.6 is 27.5 Å². The minimum atomic E-state index is -0.184. The highest BCUT2D eigenvalue weighted by Gasteiger charge is 2.10. The molecule has 0 spiro atoms. The minimum absolute atomic E-state index is 0.168. The maximum Gasteiger partial charge on any atom is 0.119 e. The van der Waals surface area contributed by atoms with Gasteiger partial charge in [0, 0.05) is 4.47 Å². The molecule has 2 aromatic carbocycles. The van der Waals surface area contributed by atoms with E-state index in [1.807, 2.05) is 56.3 Å². The molecule has 0 saturated carbocycles. The summed E-state index contributed by atoms with van der Waals surface area (Å²) in [4.78, 5) is 0. The van der Waals surface area contributed by atoms with Crippen LogP contribution in [0.3, 0.4) is 0 Å². The summed E-state index contributed by atoms with van der Waals surface area (Å²) in [6.45, 7) is 4.01. The molecule has 1 unspecified atom stereocenters. The topological polar surface area (TPSA) is 35.2 Å². The molecule has 0 amide bonds. The summed E-state index contributed by atoms with van der Waals surface area (Å²) in [5.41, 5.74) is 8.33. The molecule has 0 saturated heterocycles. The van der Waals surface area contributed by atoms with E-state index < -0.39 is 0 Å². The second kappa shape index (κ2) is 6.61. The van der Waals surface area contributed by atoms with Gasteiger partial charge in [0.15, 0.2) is 0 Å². The fourth-order valence-corrected chi connectivity index (χ4v) is 2.44. The number of hydrogen-bond donors (Lipinski definition) is 1. The Kier molecular flexibility index (Phi) is 5.08. The van der Waals surface area contributed by atoms with E-state index in [-0.39, 0.29) is 12.1 Å². The molecule has 2 aromatic rings. The minimum Gasteiger partial charge on any atom is -0.491 e. The SMILES string of the molecule is CC(C)Oc1ccc(C(N)c2ccc(Cl)c(Br)c2)cc1. The van der Waals surface area contributed by atoms with Gasteiger partial charge in [-0.25, -0.2) is 0 Å². The van der Waals surface area contributed by atoms with Gasteiger partial charge in [0.05, 0.1) is 17.2 Å². The fourth-order valence-electron chi connectivity index (χ4n) is 1.92. The van der Waals surface area contributed by atoms with E-state index in [0.717, 1.165) is 21.3 Å². The van der Waals surface area contributed by atoms with E-state index in [2.05, 4.69) is 15.9 Å². The lowest BCUT2D eigenvalue weighted by molar-refractivity contribution is 0.242. The maximum absolute atomic E-state index is 6.28. The molecule has 1 atom stereocenters. The highest BCUT2D eigenvalue weighted by atomic mass is 79.9. The third-order valence-corrected chi connectivity index (χ3v) is 4.13. The Hall–Kier alpha value is -1.03. The summed E-state index contributed by atoms with van der Waals surface area (Å²) in [6, 6.07) is 13.4. The van der Waals surface area contributed by atoms with E-state index in [4.69, 9.17) is 22.1 Å². The van der Waals surface area contributed by atoms with Gasteiger partial charge in [-0.05, 0) is 65.2 Å². The van der Waals surface area contributed by atoms with Crippen LogP contribution in [0.4, 0.5) is 0 Å². The number of halogens is 2. The lowest BCUT2D eigenvalue weighted by atomic mass is 10.00. The molecule has 0 aromatic heterocycles. The van der Waals surface area contributed by atoms with E-state index >= 15 is 0 Å². The summed E-state index contributed by atoms with van der Waals surface area (Å²) in [5.74, 6) is 0.855. The van der Waals surface area contributed by atoms with Gasteiger partial charge in [-0.2, -0.15) is 0 Å². The van der Waals surface area contributed by atoms with Gasteiger partial charge < -0.3 is 10.5 Å². The number of rotatable bonds is 4. The van der Waals surface area contributed by atoms with Gasteiger partial charge in [0.2, 0.25) is 0 Å². The molecule has 0 aliphatic heterocycles. The molecule has 2 N–H and O–H groups in total. The monoisotopic (exact) mass is 353 g/mol. The fraction of sp³-hybridized carbons (Fsp3) is 0.250. The Balaban J connectivity index is 2.20. The van der Waals surface area contributed by atoms with Crippen LogP contribution in [0, 0.1) is 0 Å². The first kappa shape index (κ1) is 15.4. The van der Waals surface area contributed by atoms with Crippen molar-refractivity contribution in [1.82, 2.24) is 0 Å². The molecule has 0 bridgehead atoms. The number of hydrogen-bond acceptors (Lipinski definition) is 2. The third kappa shape index (κ3) is 3.75. The number of benzene rings is 2. The second-order valence-corrected chi connectivity index (χ2v) is 6.15. The van der Waals surface area contributed by atoms with Crippen molar-refractivity contribution in [3.8, 4) is 5.75 Å². The summed E-state index contributed by atoms with van der Waals surface area (Å²) in [5, 5.41) is 0.682. The average molecular weight is 355 g/mol. The van der Waals surface area contributed by atoms with Crippen LogP contribution in [-0.4, -0.2) is 6.10 Å². The Morgan fingerprint density at radius 2 is 1.65 bits per heavy atom. The predicted molar refractivity (Wildman–Crippen MR) is 87.4 cm³/mol. The van der Waals surface area contributed by atoms with Crippen LogP contribution < -0.4 is 10.5 Å². The predicted octanol–water partition coefficient (Wildman–Crippen LogP) is 4.94. The van der Waals surface area contributed by atoms with Gasteiger partial charge in [-0.15, -0.1) is 0 Å². The van der Waals surface area contributed by atoms with Crippen LogP contribution in [0.25, 0.3) is 0 Å². The average Bonchev–Trinajstić information content (AvgIpc) is 2.41. The molecule has 0 heterocycles. The molecule has 20 heavy (non-hydrogen) atoms. The molecule has 106 valence electrons. The van der Waals surface area contributed by atoms with Gasteiger partial charge in [-0.1, -0.05) is 29.8 Å². The zero-order chi connectivity index (χ0) is 14.7. The van der Waals surface area contributed by atoms with E-state index in [1.165, 1.54) is 0 Å². The first-order valence-electron chi connectivity index (χ1n) is 6.44. The summed E-state index contributed by atoms with van der Waals surface area (Å²) in [6.07, 6.45) is 0.168. The van der Waals surface area contributed by atoms with Gasteiger partial charge in [0.1, 0.15) is 5.75 Å². The second-order valence-electron chi connectivity index (χ2n) is 4.89. The quantitative estimate of drug-likeness (QED) is 0.844. The van der Waals surface area contributed by atoms with Crippen LogP contribution in [-0.2, 0) is 0 Å².